The Kier molecular flexibility index (Phi) is 7.98. The molecule has 0 radical (unpaired) electrons. The quantitative estimate of drug-likeness (QED) is 0.226. The van der Waals surface area contributed by atoms with Crippen molar-refractivity contribution >= 4 is 39.4 Å². The first-order chi connectivity index (χ1) is 19.5. The minimum absolute atomic E-state index is 0.0199. The van der Waals surface area contributed by atoms with Crippen molar-refractivity contribution in [1.29, 1.82) is 0 Å². The Hall–Kier alpha value is -2.74. The molecule has 2 aromatic rings. The van der Waals surface area contributed by atoms with Gasteiger partial charge in [0.15, 0.2) is 0 Å². The Bertz CT molecular complexity index is 1350. The molecule has 0 unspecified atom stereocenters. The van der Waals surface area contributed by atoms with Gasteiger partial charge in [0.05, 0.1) is 31.2 Å². The van der Waals surface area contributed by atoms with Crippen molar-refractivity contribution in [1.82, 2.24) is 4.90 Å². The number of aliphatic hydroxyl groups is 1. The lowest BCUT2D eigenvalue weighted by Crippen LogP contribution is -2.42. The van der Waals surface area contributed by atoms with Crippen LogP contribution in [0.1, 0.15) is 62.5 Å². The van der Waals surface area contributed by atoms with Gasteiger partial charge in [0.2, 0.25) is 11.8 Å². The minimum Gasteiger partial charge on any atom is -0.507 e. The van der Waals surface area contributed by atoms with Gasteiger partial charge in [-0.15, -0.1) is 0 Å². The van der Waals surface area contributed by atoms with Gasteiger partial charge in [-0.3, -0.25) is 14.5 Å². The van der Waals surface area contributed by atoms with Crippen molar-refractivity contribution in [2.24, 2.45) is 17.8 Å². The number of nitrogens with zero attached hydrogens (tertiary/aromatic N) is 1. The van der Waals surface area contributed by atoms with Gasteiger partial charge >= 0.3 is 0 Å². The second-order valence-corrected chi connectivity index (χ2v) is 12.5. The number of hydrogen-bond acceptors (Lipinski definition) is 5. The fraction of sp³-hybridized carbons (Fsp3) is 0.455. The summed E-state index contributed by atoms with van der Waals surface area (Å²) in [7, 11) is 0. The lowest BCUT2D eigenvalue weighted by Gasteiger charge is -2.31. The van der Waals surface area contributed by atoms with Crippen LogP contribution in [0.25, 0.3) is 11.6 Å². The molecule has 3 fully saturated rings. The fourth-order valence-electron chi connectivity index (χ4n) is 7.41. The molecule has 2 amide bonds. The number of hydrogen-bond donors (Lipinski definition) is 2. The standard InChI is InChI=1S/C33H36BrNO5/c34-24-12-13-28(37)22(16-24)15-21(20-7-3-1-4-8-20)11-14-29-30-23(18-36)17-26-31(27(30)19-40-29)33(39)35(32(26)38)25-9-5-2-6-10-25/h1,3-4,7-8,12-13,15-16,25-27,29,31,36-37H,2,5-6,9-11,14,17-19H2/b21-15-/t26-,27+,29-,31-/m1/s1. The molecule has 6 rings (SSSR count). The molecule has 6 nitrogen and oxygen atoms in total. The van der Waals surface area contributed by atoms with Crippen molar-refractivity contribution in [2.75, 3.05) is 13.2 Å². The molecule has 0 spiro atoms. The predicted molar refractivity (Wildman–Crippen MR) is 157 cm³/mol. The van der Waals surface area contributed by atoms with Gasteiger partial charge in [-0.2, -0.15) is 0 Å². The zero-order valence-corrected chi connectivity index (χ0v) is 24.2. The summed E-state index contributed by atoms with van der Waals surface area (Å²) in [5, 5.41) is 20.9. The van der Waals surface area contributed by atoms with E-state index in [4.69, 9.17) is 4.74 Å². The lowest BCUT2D eigenvalue weighted by atomic mass is 9.69. The van der Waals surface area contributed by atoms with E-state index >= 15 is 0 Å². The molecule has 2 aliphatic carbocycles. The lowest BCUT2D eigenvalue weighted by molar-refractivity contribution is -0.143. The third-order valence-corrected chi connectivity index (χ3v) is 9.81. The third-order valence-electron chi connectivity index (χ3n) is 9.31. The number of imide groups is 1. The normalized spacial score (nSPS) is 27.4. The molecular weight excluding hydrogens is 570 g/mol. The highest BCUT2D eigenvalue weighted by Crippen LogP contribution is 2.51. The first kappa shape index (κ1) is 27.4. The van der Waals surface area contributed by atoms with E-state index in [-0.39, 0.29) is 54.1 Å². The topological polar surface area (TPSA) is 87.1 Å². The Morgan fingerprint density at radius 2 is 1.80 bits per heavy atom. The van der Waals surface area contributed by atoms with Crippen LogP contribution in [0.15, 0.2) is 64.1 Å². The number of benzene rings is 2. The van der Waals surface area contributed by atoms with Crippen LogP contribution in [-0.4, -0.2) is 52.3 Å². The van der Waals surface area contributed by atoms with Crippen molar-refractivity contribution in [2.45, 2.75) is 63.5 Å². The van der Waals surface area contributed by atoms with Crippen molar-refractivity contribution in [3.8, 4) is 5.75 Å². The number of allylic oxidation sites excluding steroid dienone is 1. The summed E-state index contributed by atoms with van der Waals surface area (Å²) < 4.78 is 7.24. The summed E-state index contributed by atoms with van der Waals surface area (Å²) in [5.41, 5.74) is 4.77. The van der Waals surface area contributed by atoms with Crippen molar-refractivity contribution in [3.63, 3.8) is 0 Å². The first-order valence-corrected chi connectivity index (χ1v) is 15.3. The molecule has 4 atom stereocenters. The molecule has 2 saturated heterocycles. The first-order valence-electron chi connectivity index (χ1n) is 14.5. The molecule has 2 heterocycles. The number of carbonyl (C=O) groups is 2. The maximum Gasteiger partial charge on any atom is 0.234 e. The van der Waals surface area contributed by atoms with Crippen LogP contribution in [0.3, 0.4) is 0 Å². The molecule has 0 aromatic heterocycles. The smallest absolute Gasteiger partial charge is 0.234 e. The maximum absolute atomic E-state index is 13.7. The molecule has 1 saturated carbocycles. The van der Waals surface area contributed by atoms with E-state index in [1.54, 1.807) is 11.0 Å². The fourth-order valence-corrected chi connectivity index (χ4v) is 7.79. The third kappa shape index (κ3) is 5.08. The number of amides is 2. The predicted octanol–water partition coefficient (Wildman–Crippen LogP) is 6.12. The van der Waals surface area contributed by atoms with Crippen LogP contribution in [0.2, 0.25) is 0 Å². The minimum atomic E-state index is -0.382. The van der Waals surface area contributed by atoms with E-state index in [9.17, 15) is 19.8 Å². The van der Waals surface area contributed by atoms with Crippen LogP contribution < -0.4 is 0 Å². The zero-order chi connectivity index (χ0) is 27.8. The molecule has 0 bridgehead atoms. The largest absolute Gasteiger partial charge is 0.507 e. The second-order valence-electron chi connectivity index (χ2n) is 11.6. The van der Waals surface area contributed by atoms with Gasteiger partial charge in [-0.1, -0.05) is 65.5 Å². The number of ether oxygens (including phenoxy) is 1. The molecule has 4 aliphatic rings. The van der Waals surface area contributed by atoms with E-state index in [0.717, 1.165) is 58.0 Å². The summed E-state index contributed by atoms with van der Waals surface area (Å²) >= 11 is 3.50. The molecule has 7 heteroatoms. The summed E-state index contributed by atoms with van der Waals surface area (Å²) in [4.78, 5) is 28.8. The number of phenols is 1. The highest BCUT2D eigenvalue weighted by molar-refractivity contribution is 9.10. The van der Waals surface area contributed by atoms with Gasteiger partial charge < -0.3 is 14.9 Å². The van der Waals surface area contributed by atoms with Gasteiger partial charge in [-0.25, -0.2) is 0 Å². The summed E-state index contributed by atoms with van der Waals surface area (Å²) in [6, 6.07) is 15.5. The van der Waals surface area contributed by atoms with Crippen LogP contribution in [0.4, 0.5) is 0 Å². The highest BCUT2D eigenvalue weighted by Gasteiger charge is 2.58. The van der Waals surface area contributed by atoms with Gasteiger partial charge in [0, 0.05) is 22.0 Å². The molecule has 40 heavy (non-hydrogen) atoms. The number of phenolic OH excluding ortho intramolecular Hbond substituents is 1. The number of aliphatic hydroxyl groups excluding tert-OH is 1. The molecule has 2 aliphatic heterocycles. The second kappa shape index (κ2) is 11.6. The van der Waals surface area contributed by atoms with E-state index in [0.29, 0.717) is 25.9 Å². The van der Waals surface area contributed by atoms with E-state index in [1.807, 2.05) is 36.4 Å². The maximum atomic E-state index is 13.7. The van der Waals surface area contributed by atoms with Crippen LogP contribution >= 0.6 is 15.9 Å². The summed E-state index contributed by atoms with van der Waals surface area (Å²) in [6.45, 7) is 0.284. The van der Waals surface area contributed by atoms with Gasteiger partial charge in [-0.05, 0) is 78.7 Å². The number of fused-ring (bicyclic) bond motifs is 3. The van der Waals surface area contributed by atoms with Crippen LogP contribution in [-0.2, 0) is 14.3 Å². The molecule has 2 aromatic carbocycles. The van der Waals surface area contributed by atoms with Gasteiger partial charge in [0.1, 0.15) is 5.75 Å². The Labute approximate surface area is 243 Å². The average molecular weight is 607 g/mol. The number of rotatable bonds is 7. The van der Waals surface area contributed by atoms with Gasteiger partial charge in [0.25, 0.3) is 0 Å². The number of carbonyl (C=O) groups excluding carboxylic acids is 2. The number of likely N-dealkylation sites (tertiary alicyclic amines) is 1. The average Bonchev–Trinajstić information content (AvgIpc) is 3.51. The molecular formula is C33H36BrNO5. The molecule has 210 valence electrons. The number of halogens is 1. The zero-order valence-electron chi connectivity index (χ0n) is 22.6. The number of aromatic hydroxyl groups is 1. The Morgan fingerprint density at radius 1 is 1.02 bits per heavy atom. The van der Waals surface area contributed by atoms with Crippen molar-refractivity contribution in [3.05, 3.63) is 75.3 Å². The van der Waals surface area contributed by atoms with Crippen LogP contribution in [0.5, 0.6) is 5.75 Å². The van der Waals surface area contributed by atoms with E-state index in [2.05, 4.69) is 28.1 Å². The monoisotopic (exact) mass is 605 g/mol. The van der Waals surface area contributed by atoms with E-state index < -0.39 is 0 Å². The SMILES string of the molecule is O=C1[C@@H]2[C@@H](CC(CO)=C3[C@@H](CC/C(=C/c4cc(Br)ccc4O)c4ccccc4)OC[C@@H]32)C(=O)N1C1CCCCC1. The molecule has 2 N–H and O–H groups in total. The Balaban J connectivity index is 1.26. The summed E-state index contributed by atoms with van der Waals surface area (Å²) in [6.07, 6.45) is 8.68. The highest BCUT2D eigenvalue weighted by atomic mass is 79.9. The van der Waals surface area contributed by atoms with Crippen LogP contribution in [0, 0.1) is 17.8 Å². The summed E-state index contributed by atoms with van der Waals surface area (Å²) in [5.74, 6) is -0.780. The van der Waals surface area contributed by atoms with E-state index in [1.165, 1.54) is 6.42 Å². The Morgan fingerprint density at radius 3 is 2.55 bits per heavy atom. The van der Waals surface area contributed by atoms with Crippen molar-refractivity contribution < 1.29 is 24.5 Å².